The van der Waals surface area contributed by atoms with Gasteiger partial charge in [0, 0.05) is 25.3 Å². The monoisotopic (exact) mass is 304 g/mol. The number of carboxylic acids is 1. The van der Waals surface area contributed by atoms with Crippen molar-refractivity contribution in [2.45, 2.75) is 57.4 Å². The lowest BCUT2D eigenvalue weighted by atomic mass is 9.81. The zero-order valence-electron chi connectivity index (χ0n) is 13.2. The lowest BCUT2D eigenvalue weighted by molar-refractivity contribution is -0.138. The van der Waals surface area contributed by atoms with E-state index in [1.54, 1.807) is 6.20 Å². The van der Waals surface area contributed by atoms with Crippen molar-refractivity contribution < 1.29 is 9.90 Å². The van der Waals surface area contributed by atoms with Crippen LogP contribution in [0.2, 0.25) is 0 Å². The van der Waals surface area contributed by atoms with Crippen LogP contribution in [0.3, 0.4) is 0 Å². The first-order chi connectivity index (χ1) is 10.7. The summed E-state index contributed by atoms with van der Waals surface area (Å²) in [4.78, 5) is 10.9. The van der Waals surface area contributed by atoms with Crippen molar-refractivity contribution in [2.24, 2.45) is 5.92 Å². The van der Waals surface area contributed by atoms with Crippen LogP contribution in [0.25, 0.3) is 0 Å². The molecule has 2 aliphatic rings. The molecule has 0 bridgehead atoms. The first kappa shape index (κ1) is 15.4. The van der Waals surface area contributed by atoms with Crippen molar-refractivity contribution in [3.05, 3.63) is 18.5 Å². The first-order valence-electron chi connectivity index (χ1n) is 8.56. The maximum Gasteiger partial charge on any atom is 0.303 e. The number of carboxylic acid groups (broad SMARTS) is 1. The molecule has 0 atom stereocenters. The summed E-state index contributed by atoms with van der Waals surface area (Å²) >= 11 is 0. The van der Waals surface area contributed by atoms with Gasteiger partial charge < -0.3 is 5.11 Å². The summed E-state index contributed by atoms with van der Waals surface area (Å²) in [7, 11) is 0. The molecule has 120 valence electrons. The second-order valence-electron chi connectivity index (χ2n) is 6.92. The highest BCUT2D eigenvalue weighted by molar-refractivity contribution is 5.67. The predicted molar refractivity (Wildman–Crippen MR) is 85.4 cm³/mol. The topological polar surface area (TPSA) is 63.1 Å². The van der Waals surface area contributed by atoms with E-state index in [0.29, 0.717) is 18.4 Å². The first-order valence-corrected chi connectivity index (χ1v) is 8.56. The van der Waals surface area contributed by atoms with Gasteiger partial charge >= 0.3 is 5.97 Å². The Morgan fingerprint density at radius 3 is 2.45 bits per heavy atom. The van der Waals surface area contributed by atoms with E-state index in [0.717, 1.165) is 30.2 Å². The quantitative estimate of drug-likeness (QED) is 0.869. The van der Waals surface area contributed by atoms with E-state index in [-0.39, 0.29) is 0 Å². The van der Waals surface area contributed by atoms with Gasteiger partial charge in [0.25, 0.3) is 0 Å². The fraction of sp³-hybridized carbons (Fsp3) is 0.706. The Morgan fingerprint density at radius 1 is 1.14 bits per heavy atom. The van der Waals surface area contributed by atoms with Crippen LogP contribution in [-0.2, 0) is 4.79 Å². The molecule has 0 unspecified atom stereocenters. The third kappa shape index (κ3) is 3.14. The third-order valence-electron chi connectivity index (χ3n) is 5.68. The number of likely N-dealkylation sites (tertiary alicyclic amines) is 1. The second-order valence-corrected chi connectivity index (χ2v) is 6.92. The minimum absolute atomic E-state index is 0.337. The highest BCUT2D eigenvalue weighted by atomic mass is 16.4. The van der Waals surface area contributed by atoms with Gasteiger partial charge in [-0.3, -0.25) is 9.28 Å². The predicted octanol–water partition coefficient (Wildman–Crippen LogP) is 3.00. The van der Waals surface area contributed by atoms with Gasteiger partial charge in [-0.25, -0.2) is 0 Å². The summed E-state index contributed by atoms with van der Waals surface area (Å²) < 4.78 is 1.05. The number of aliphatic carboxylic acids is 1. The van der Waals surface area contributed by atoms with Crippen LogP contribution in [-0.4, -0.2) is 40.4 Å². The maximum absolute atomic E-state index is 10.9. The Kier molecular flexibility index (Phi) is 4.71. The number of nitrogens with zero attached hydrogens (tertiary/aromatic N) is 3. The smallest absolute Gasteiger partial charge is 0.303 e. The highest BCUT2D eigenvalue weighted by Gasteiger charge is 2.42. The number of quaternary nitrogens is 1. The molecule has 0 amide bonds. The summed E-state index contributed by atoms with van der Waals surface area (Å²) in [6.07, 6.45) is 12.3. The molecule has 0 aromatic carbocycles. The average Bonchev–Trinajstić information content (AvgIpc) is 2.56. The Bertz CT molecular complexity index is 492. The van der Waals surface area contributed by atoms with Crippen LogP contribution in [0.15, 0.2) is 18.5 Å². The number of hydrogen-bond donors (Lipinski definition) is 1. The summed E-state index contributed by atoms with van der Waals surface area (Å²) in [5.41, 5.74) is 1.30. The summed E-state index contributed by atoms with van der Waals surface area (Å²) in [5, 5.41) is 17.0. The van der Waals surface area contributed by atoms with Gasteiger partial charge in [-0.1, -0.05) is 0 Å². The second kappa shape index (κ2) is 6.73. The Hall–Kier alpha value is -1.49. The van der Waals surface area contributed by atoms with Gasteiger partial charge in [0.05, 0.1) is 25.3 Å². The van der Waals surface area contributed by atoms with E-state index in [9.17, 15) is 4.79 Å². The normalized spacial score (nSPS) is 28.2. The molecule has 22 heavy (non-hydrogen) atoms. The van der Waals surface area contributed by atoms with Crippen LogP contribution in [0.1, 0.15) is 51.4 Å². The van der Waals surface area contributed by atoms with Crippen molar-refractivity contribution in [2.75, 3.05) is 13.1 Å². The van der Waals surface area contributed by atoms with Crippen LogP contribution < -0.4 is 4.48 Å². The van der Waals surface area contributed by atoms with Crippen molar-refractivity contribution >= 4 is 11.7 Å². The SMILES string of the molecule is O=C(O)CC1CCC([N+]2(c3ccnnc3)CCCCC2)CC1. The Balaban J connectivity index is 1.75. The van der Waals surface area contributed by atoms with Gasteiger partial charge in [-0.05, 0) is 38.0 Å². The maximum atomic E-state index is 10.9. The molecule has 1 N–H and O–H groups in total. The molecule has 3 rings (SSSR count). The molecule has 1 saturated heterocycles. The lowest BCUT2D eigenvalue weighted by Crippen LogP contribution is -2.60. The van der Waals surface area contributed by atoms with Gasteiger partial charge in [-0.15, -0.1) is 0 Å². The van der Waals surface area contributed by atoms with Crippen molar-refractivity contribution in [1.29, 1.82) is 0 Å². The van der Waals surface area contributed by atoms with Crippen LogP contribution in [0, 0.1) is 5.92 Å². The fourth-order valence-corrected chi connectivity index (χ4v) is 4.55. The molecule has 2 fully saturated rings. The number of hydrogen-bond acceptors (Lipinski definition) is 3. The van der Waals surface area contributed by atoms with Gasteiger partial charge in [0.15, 0.2) is 5.69 Å². The van der Waals surface area contributed by atoms with Crippen molar-refractivity contribution in [3.8, 4) is 0 Å². The van der Waals surface area contributed by atoms with E-state index in [2.05, 4.69) is 16.3 Å². The van der Waals surface area contributed by atoms with E-state index in [4.69, 9.17) is 5.11 Å². The summed E-state index contributed by atoms with van der Waals surface area (Å²) in [5.74, 6) is -0.280. The van der Waals surface area contributed by atoms with E-state index < -0.39 is 5.97 Å². The highest BCUT2D eigenvalue weighted by Crippen LogP contribution is 2.39. The Labute approximate surface area is 131 Å². The lowest BCUT2D eigenvalue weighted by Gasteiger charge is -2.48. The molecule has 0 radical (unpaired) electrons. The van der Waals surface area contributed by atoms with Gasteiger partial charge in [0.2, 0.25) is 0 Å². The van der Waals surface area contributed by atoms with Gasteiger partial charge in [0.1, 0.15) is 6.20 Å². The molecular weight excluding hydrogens is 278 g/mol. The molecular formula is C17H26N3O2+. The minimum atomic E-state index is -0.649. The third-order valence-corrected chi connectivity index (χ3v) is 5.68. The minimum Gasteiger partial charge on any atom is -0.481 e. The fourth-order valence-electron chi connectivity index (χ4n) is 4.55. The summed E-state index contributed by atoms with van der Waals surface area (Å²) in [6.45, 7) is 2.39. The average molecular weight is 304 g/mol. The van der Waals surface area contributed by atoms with Crippen LogP contribution >= 0.6 is 0 Å². The molecule has 1 aliphatic carbocycles. The van der Waals surface area contributed by atoms with E-state index >= 15 is 0 Å². The molecule has 5 nitrogen and oxygen atoms in total. The van der Waals surface area contributed by atoms with E-state index in [1.807, 2.05) is 6.20 Å². The molecule has 1 aromatic rings. The Morgan fingerprint density at radius 2 is 1.86 bits per heavy atom. The van der Waals surface area contributed by atoms with E-state index in [1.165, 1.54) is 38.0 Å². The molecule has 2 heterocycles. The molecule has 1 saturated carbocycles. The summed E-state index contributed by atoms with van der Waals surface area (Å²) in [6, 6.07) is 2.75. The molecule has 1 aliphatic heterocycles. The zero-order valence-corrected chi connectivity index (χ0v) is 13.2. The standard InChI is InChI=1S/C17H25N3O2/c21-17(22)12-14-4-6-15(7-5-14)20(10-2-1-3-11-20)16-8-9-18-19-13-16/h8-9,13-15H,1-7,10-12H2/p+1. The van der Waals surface area contributed by atoms with Crippen LogP contribution in [0.5, 0.6) is 0 Å². The number of piperidine rings is 1. The van der Waals surface area contributed by atoms with Crippen molar-refractivity contribution in [1.82, 2.24) is 14.7 Å². The number of aromatic nitrogens is 2. The van der Waals surface area contributed by atoms with Crippen molar-refractivity contribution in [3.63, 3.8) is 0 Å². The number of carbonyl (C=O) groups is 1. The molecule has 1 aromatic heterocycles. The number of rotatable bonds is 4. The largest absolute Gasteiger partial charge is 0.481 e. The van der Waals surface area contributed by atoms with Gasteiger partial charge in [-0.2, -0.15) is 10.2 Å². The zero-order chi connectivity index (χ0) is 15.4. The van der Waals surface area contributed by atoms with Crippen LogP contribution in [0.4, 0.5) is 5.69 Å². The molecule has 5 heteroatoms. The molecule has 0 spiro atoms.